The average molecular weight is 593 g/mol. The lowest BCUT2D eigenvalue weighted by atomic mass is 10.1. The van der Waals surface area contributed by atoms with Crippen molar-refractivity contribution in [1.82, 2.24) is 5.32 Å². The highest BCUT2D eigenvalue weighted by molar-refractivity contribution is 7.92. The SMILES string of the molecule is O=C(O)c1ccccc1COc1ccc(CCNC[C@H](O)COc2ccc(O)c(NS(=O)(=O)c3ccccc3)c2)cc1. The largest absolute Gasteiger partial charge is 0.506 e. The Morgan fingerprint density at radius 3 is 2.29 bits per heavy atom. The maximum atomic E-state index is 12.6. The second-order valence-electron chi connectivity index (χ2n) is 9.41. The number of aliphatic hydroxyl groups excluding tert-OH is 1. The van der Waals surface area contributed by atoms with Crippen molar-refractivity contribution in [3.63, 3.8) is 0 Å². The second kappa shape index (κ2) is 14.4. The van der Waals surface area contributed by atoms with Crippen LogP contribution in [-0.2, 0) is 23.1 Å². The van der Waals surface area contributed by atoms with Gasteiger partial charge in [0, 0.05) is 18.2 Å². The molecular weight excluding hydrogens is 560 g/mol. The van der Waals surface area contributed by atoms with E-state index < -0.39 is 22.1 Å². The summed E-state index contributed by atoms with van der Waals surface area (Å²) in [6, 6.07) is 26.2. The van der Waals surface area contributed by atoms with Gasteiger partial charge in [0.15, 0.2) is 0 Å². The number of anilines is 1. The molecule has 0 aliphatic rings. The van der Waals surface area contributed by atoms with Crippen molar-refractivity contribution in [3.05, 3.63) is 114 Å². The molecule has 0 amide bonds. The smallest absolute Gasteiger partial charge is 0.336 e. The Balaban J connectivity index is 1.18. The normalized spacial score (nSPS) is 11.9. The van der Waals surface area contributed by atoms with E-state index >= 15 is 0 Å². The number of phenols is 1. The van der Waals surface area contributed by atoms with Crippen LogP contribution < -0.4 is 19.5 Å². The molecule has 4 aromatic carbocycles. The number of hydrogen-bond donors (Lipinski definition) is 5. The summed E-state index contributed by atoms with van der Waals surface area (Å²) < 4.78 is 38.9. The first-order valence-corrected chi connectivity index (χ1v) is 14.6. The molecular formula is C31H32N2O8S. The Labute approximate surface area is 244 Å². The number of nitrogens with one attached hydrogen (secondary N) is 2. The molecule has 0 aliphatic carbocycles. The fourth-order valence-electron chi connectivity index (χ4n) is 4.01. The van der Waals surface area contributed by atoms with Crippen LogP contribution in [0, 0.1) is 0 Å². The number of phenolic OH excluding ortho intramolecular Hbond substituents is 1. The van der Waals surface area contributed by atoms with Crippen molar-refractivity contribution in [2.75, 3.05) is 24.4 Å². The van der Waals surface area contributed by atoms with E-state index in [1.54, 1.807) is 42.5 Å². The predicted molar refractivity (Wildman–Crippen MR) is 158 cm³/mol. The fourth-order valence-corrected chi connectivity index (χ4v) is 5.10. The van der Waals surface area contributed by atoms with Gasteiger partial charge in [-0.05, 0) is 61.0 Å². The number of carboxylic acids is 1. The van der Waals surface area contributed by atoms with Crippen molar-refractivity contribution in [2.45, 2.75) is 24.0 Å². The zero-order valence-corrected chi connectivity index (χ0v) is 23.5. The molecule has 0 fully saturated rings. The van der Waals surface area contributed by atoms with Crippen molar-refractivity contribution >= 4 is 21.7 Å². The van der Waals surface area contributed by atoms with Crippen LogP contribution in [0.15, 0.2) is 102 Å². The summed E-state index contributed by atoms with van der Waals surface area (Å²) in [5.74, 6) is -0.337. The van der Waals surface area contributed by atoms with E-state index in [1.165, 1.54) is 30.3 Å². The number of benzene rings is 4. The van der Waals surface area contributed by atoms with Gasteiger partial charge in [0.1, 0.15) is 36.6 Å². The number of hydrogen-bond acceptors (Lipinski definition) is 8. The monoisotopic (exact) mass is 592 g/mol. The van der Waals surface area contributed by atoms with E-state index in [4.69, 9.17) is 9.47 Å². The summed E-state index contributed by atoms with van der Waals surface area (Å²) in [5, 5.41) is 32.9. The van der Waals surface area contributed by atoms with Crippen LogP contribution in [0.4, 0.5) is 5.69 Å². The van der Waals surface area contributed by atoms with Crippen LogP contribution in [0.25, 0.3) is 0 Å². The van der Waals surface area contributed by atoms with Gasteiger partial charge in [-0.3, -0.25) is 4.72 Å². The molecule has 10 nitrogen and oxygen atoms in total. The molecule has 0 radical (unpaired) electrons. The third-order valence-corrected chi connectivity index (χ3v) is 7.63. The van der Waals surface area contributed by atoms with Gasteiger partial charge in [-0.2, -0.15) is 0 Å². The summed E-state index contributed by atoms with van der Waals surface area (Å²) in [5.41, 5.74) is 1.83. The molecule has 1 atom stereocenters. The van der Waals surface area contributed by atoms with Crippen molar-refractivity contribution in [2.24, 2.45) is 0 Å². The summed E-state index contributed by atoms with van der Waals surface area (Å²) in [4.78, 5) is 11.4. The summed E-state index contributed by atoms with van der Waals surface area (Å²) in [6.45, 7) is 0.988. The Morgan fingerprint density at radius 1 is 0.857 bits per heavy atom. The summed E-state index contributed by atoms with van der Waals surface area (Å²) in [6.07, 6.45) is -0.119. The zero-order valence-electron chi connectivity index (χ0n) is 22.6. The van der Waals surface area contributed by atoms with E-state index in [0.29, 0.717) is 24.3 Å². The number of carbonyl (C=O) groups is 1. The van der Waals surface area contributed by atoms with Crippen molar-refractivity contribution in [3.8, 4) is 17.2 Å². The topological polar surface area (TPSA) is 154 Å². The number of aromatic hydroxyl groups is 1. The minimum absolute atomic E-state index is 0.0366. The Bertz CT molecular complexity index is 1580. The van der Waals surface area contributed by atoms with Gasteiger partial charge in [-0.1, -0.05) is 48.5 Å². The Kier molecular flexibility index (Phi) is 10.4. The van der Waals surface area contributed by atoms with Gasteiger partial charge < -0.3 is 30.1 Å². The lowest BCUT2D eigenvalue weighted by Crippen LogP contribution is -2.32. The zero-order chi connectivity index (χ0) is 30.0. The molecule has 0 aliphatic heterocycles. The van der Waals surface area contributed by atoms with E-state index in [1.807, 2.05) is 24.3 Å². The van der Waals surface area contributed by atoms with Crippen LogP contribution in [0.3, 0.4) is 0 Å². The van der Waals surface area contributed by atoms with Gasteiger partial charge in [-0.15, -0.1) is 0 Å². The fraction of sp³-hybridized carbons (Fsp3) is 0.194. The second-order valence-corrected chi connectivity index (χ2v) is 11.1. The van der Waals surface area contributed by atoms with Crippen LogP contribution >= 0.6 is 0 Å². The number of aromatic carboxylic acids is 1. The predicted octanol–water partition coefficient (Wildman–Crippen LogP) is 4.04. The van der Waals surface area contributed by atoms with E-state index in [9.17, 15) is 28.5 Å². The van der Waals surface area contributed by atoms with Gasteiger partial charge in [-0.25, -0.2) is 13.2 Å². The number of carboxylic acid groups (broad SMARTS) is 1. The van der Waals surface area contributed by atoms with E-state index in [2.05, 4.69) is 10.0 Å². The maximum Gasteiger partial charge on any atom is 0.336 e. The number of ether oxygens (including phenoxy) is 2. The number of rotatable bonds is 15. The molecule has 0 saturated carbocycles. The highest BCUT2D eigenvalue weighted by atomic mass is 32.2. The average Bonchev–Trinajstić information content (AvgIpc) is 2.99. The minimum atomic E-state index is -3.89. The Morgan fingerprint density at radius 2 is 1.55 bits per heavy atom. The molecule has 0 unspecified atom stereocenters. The Hall–Kier alpha value is -4.58. The molecule has 0 bridgehead atoms. The molecule has 42 heavy (non-hydrogen) atoms. The van der Waals surface area contributed by atoms with E-state index in [-0.39, 0.29) is 47.4 Å². The molecule has 11 heteroatoms. The third kappa shape index (κ3) is 8.71. The molecule has 220 valence electrons. The van der Waals surface area contributed by atoms with Gasteiger partial charge in [0.2, 0.25) is 0 Å². The van der Waals surface area contributed by atoms with Gasteiger partial charge in [0.25, 0.3) is 10.0 Å². The standard InChI is InChI=1S/C31H32N2O8S/c34-24(21-41-26-14-15-30(35)29(18-26)33-42(38,39)27-7-2-1-3-8-27)19-32-17-16-22-10-12-25(13-11-22)40-20-23-6-4-5-9-28(23)31(36)37/h1-15,18,24,32-35H,16-17,19-21H2,(H,36,37)/t24-/m0/s1. The first-order chi connectivity index (χ1) is 20.2. The van der Waals surface area contributed by atoms with E-state index in [0.717, 1.165) is 5.56 Å². The lowest BCUT2D eigenvalue weighted by molar-refractivity contribution is 0.0694. The number of aliphatic hydroxyl groups is 1. The molecule has 4 aromatic rings. The molecule has 4 rings (SSSR count). The van der Waals surface area contributed by atoms with Gasteiger partial charge >= 0.3 is 5.97 Å². The molecule has 0 aromatic heterocycles. The molecule has 0 heterocycles. The number of sulfonamides is 1. The molecule has 0 saturated heterocycles. The maximum absolute atomic E-state index is 12.6. The third-order valence-electron chi connectivity index (χ3n) is 6.24. The first-order valence-electron chi connectivity index (χ1n) is 13.2. The quantitative estimate of drug-likeness (QED) is 0.102. The summed E-state index contributed by atoms with van der Waals surface area (Å²) >= 11 is 0. The molecule has 5 N–H and O–H groups in total. The summed E-state index contributed by atoms with van der Waals surface area (Å²) in [7, 11) is -3.89. The van der Waals surface area contributed by atoms with Crippen molar-refractivity contribution < 1.29 is 38.0 Å². The highest BCUT2D eigenvalue weighted by Gasteiger charge is 2.17. The van der Waals surface area contributed by atoms with Crippen LogP contribution in [0.1, 0.15) is 21.5 Å². The van der Waals surface area contributed by atoms with Crippen LogP contribution in [0.5, 0.6) is 17.2 Å². The highest BCUT2D eigenvalue weighted by Crippen LogP contribution is 2.30. The molecule has 0 spiro atoms. The van der Waals surface area contributed by atoms with Crippen LogP contribution in [0.2, 0.25) is 0 Å². The first kappa shape index (κ1) is 30.4. The lowest BCUT2D eigenvalue weighted by Gasteiger charge is -2.15. The van der Waals surface area contributed by atoms with Gasteiger partial charge in [0.05, 0.1) is 16.1 Å². The van der Waals surface area contributed by atoms with Crippen molar-refractivity contribution in [1.29, 1.82) is 0 Å². The van der Waals surface area contributed by atoms with Crippen LogP contribution in [-0.4, -0.2) is 55.5 Å². The minimum Gasteiger partial charge on any atom is -0.506 e.